The maximum atomic E-state index is 14.2. The number of rotatable bonds is 5. The number of carbonyl (C=O) groups is 2. The molecule has 46 heavy (non-hydrogen) atoms. The van der Waals surface area contributed by atoms with Crippen LogP contribution in [0.4, 0.5) is 0 Å². The summed E-state index contributed by atoms with van der Waals surface area (Å²) in [5, 5.41) is 66.9. The summed E-state index contributed by atoms with van der Waals surface area (Å²) in [5.74, 6) is -5.95. The number of aromatic hydroxyl groups is 6. The number of ether oxygens (including phenoxy) is 2. The largest absolute Gasteiger partial charge is 0.508 e. The van der Waals surface area contributed by atoms with E-state index in [1.54, 1.807) is 12.1 Å². The summed E-state index contributed by atoms with van der Waals surface area (Å²) >= 11 is 0. The molecule has 6 rings (SSSR count). The lowest BCUT2D eigenvalue weighted by Gasteiger charge is -2.39. The van der Waals surface area contributed by atoms with Gasteiger partial charge in [-0.25, -0.2) is 0 Å². The smallest absolute Gasteiger partial charge is 0.201 e. The molecule has 2 unspecified atom stereocenters. The molecule has 2 aliphatic rings. The van der Waals surface area contributed by atoms with Crippen LogP contribution in [0.5, 0.6) is 46.0 Å². The first-order valence-electron chi connectivity index (χ1n) is 14.8. The van der Waals surface area contributed by atoms with Crippen molar-refractivity contribution >= 4 is 11.6 Å². The average Bonchev–Trinajstić information content (AvgIpc) is 2.96. The van der Waals surface area contributed by atoms with E-state index in [0.717, 1.165) is 12.1 Å². The van der Waals surface area contributed by atoms with E-state index in [1.165, 1.54) is 26.4 Å². The molecule has 0 saturated heterocycles. The van der Waals surface area contributed by atoms with Crippen molar-refractivity contribution in [1.29, 1.82) is 0 Å². The lowest BCUT2D eigenvalue weighted by atomic mass is 9.63. The molecule has 0 heterocycles. The van der Waals surface area contributed by atoms with Gasteiger partial charge in [-0.3, -0.25) is 9.59 Å². The summed E-state index contributed by atoms with van der Waals surface area (Å²) in [6.07, 6.45) is 0. The van der Waals surface area contributed by atoms with Crippen molar-refractivity contribution in [1.82, 2.24) is 0 Å². The number of hydrogen-bond acceptors (Lipinski definition) is 10. The fourth-order valence-electron chi connectivity index (χ4n) is 7.34. The highest BCUT2D eigenvalue weighted by molar-refractivity contribution is 6.18. The minimum Gasteiger partial charge on any atom is -0.508 e. The van der Waals surface area contributed by atoms with Gasteiger partial charge in [0.05, 0.1) is 36.5 Å². The zero-order valence-corrected chi connectivity index (χ0v) is 26.1. The predicted molar refractivity (Wildman–Crippen MR) is 168 cm³/mol. The Labute approximate surface area is 264 Å². The number of phenolic OH excluding ortho intramolecular Hbond substituents is 6. The van der Waals surface area contributed by atoms with Crippen LogP contribution in [0.2, 0.25) is 0 Å². The zero-order valence-electron chi connectivity index (χ0n) is 26.1. The first kappa shape index (κ1) is 30.6. The van der Waals surface area contributed by atoms with Crippen LogP contribution in [0.15, 0.2) is 36.4 Å². The van der Waals surface area contributed by atoms with Gasteiger partial charge < -0.3 is 40.1 Å². The van der Waals surface area contributed by atoms with E-state index >= 15 is 0 Å². The number of methoxy groups -OCH3 is 2. The third-order valence-corrected chi connectivity index (χ3v) is 9.11. The Hall–Kier alpha value is -5.38. The Morgan fingerprint density at radius 2 is 0.848 bits per heavy atom. The second-order valence-corrected chi connectivity index (χ2v) is 12.4. The van der Waals surface area contributed by atoms with Crippen molar-refractivity contribution in [3.63, 3.8) is 0 Å². The van der Waals surface area contributed by atoms with Gasteiger partial charge in [0, 0.05) is 35.1 Å². The summed E-state index contributed by atoms with van der Waals surface area (Å²) in [5.41, 5.74) is 0.952. The van der Waals surface area contributed by atoms with E-state index in [0.29, 0.717) is 11.1 Å². The maximum absolute atomic E-state index is 14.2. The van der Waals surface area contributed by atoms with Gasteiger partial charge in [0.25, 0.3) is 0 Å². The molecule has 0 aliphatic heterocycles. The molecule has 0 bridgehead atoms. The van der Waals surface area contributed by atoms with Crippen LogP contribution in [0, 0.1) is 0 Å². The van der Waals surface area contributed by atoms with Gasteiger partial charge in [-0.15, -0.1) is 0 Å². The third kappa shape index (κ3) is 4.16. The van der Waals surface area contributed by atoms with Crippen molar-refractivity contribution < 1.29 is 49.7 Å². The second kappa shape index (κ2) is 10.6. The summed E-state index contributed by atoms with van der Waals surface area (Å²) in [4.78, 5) is 28.3. The minimum atomic E-state index is -1.05. The van der Waals surface area contributed by atoms with Crippen molar-refractivity contribution in [3.05, 3.63) is 92.0 Å². The Morgan fingerprint density at radius 3 is 1.15 bits per heavy atom. The van der Waals surface area contributed by atoms with Gasteiger partial charge in [-0.2, -0.15) is 0 Å². The van der Waals surface area contributed by atoms with Crippen molar-refractivity contribution in [3.8, 4) is 46.0 Å². The van der Waals surface area contributed by atoms with Crippen LogP contribution in [0.3, 0.4) is 0 Å². The molecule has 10 nitrogen and oxygen atoms in total. The maximum Gasteiger partial charge on any atom is 0.201 e. The van der Waals surface area contributed by atoms with E-state index in [9.17, 15) is 40.2 Å². The van der Waals surface area contributed by atoms with E-state index in [2.05, 4.69) is 0 Å². The van der Waals surface area contributed by atoms with Gasteiger partial charge in [0.1, 0.15) is 46.0 Å². The topological polar surface area (TPSA) is 174 Å². The van der Waals surface area contributed by atoms with Crippen LogP contribution < -0.4 is 9.47 Å². The Bertz CT molecular complexity index is 1850. The van der Waals surface area contributed by atoms with Crippen LogP contribution >= 0.6 is 0 Å². The first-order valence-corrected chi connectivity index (χ1v) is 14.8. The summed E-state index contributed by atoms with van der Waals surface area (Å²) in [6.45, 7) is 7.30. The molecule has 0 aromatic heterocycles. The van der Waals surface area contributed by atoms with E-state index in [1.807, 2.05) is 27.7 Å². The number of phenols is 6. The highest BCUT2D eigenvalue weighted by Crippen LogP contribution is 2.59. The number of carbonyl (C=O) groups excluding carboxylic acids is 2. The minimum absolute atomic E-state index is 0.109. The number of fused-ring (bicyclic) bond motifs is 4. The average molecular weight is 627 g/mol. The summed E-state index contributed by atoms with van der Waals surface area (Å²) in [6, 6.07) is 7.90. The number of ketones is 2. The van der Waals surface area contributed by atoms with Crippen molar-refractivity contribution in [2.24, 2.45) is 0 Å². The normalized spacial score (nSPS) is 16.6. The zero-order chi connectivity index (χ0) is 33.5. The van der Waals surface area contributed by atoms with E-state index < -0.39 is 34.9 Å². The molecule has 0 amide bonds. The van der Waals surface area contributed by atoms with Gasteiger partial charge in [-0.1, -0.05) is 27.7 Å². The molecule has 6 N–H and O–H groups in total. The molecule has 4 aromatic rings. The molecular weight excluding hydrogens is 592 g/mol. The third-order valence-electron chi connectivity index (χ3n) is 9.11. The molecule has 0 radical (unpaired) electrons. The molecule has 0 fully saturated rings. The molecule has 238 valence electrons. The van der Waals surface area contributed by atoms with Crippen LogP contribution in [-0.4, -0.2) is 56.4 Å². The highest BCUT2D eigenvalue weighted by Gasteiger charge is 2.47. The molecular formula is C36H34O10. The monoisotopic (exact) mass is 626 g/mol. The summed E-state index contributed by atoms with van der Waals surface area (Å²) < 4.78 is 11.4. The Balaban J connectivity index is 1.83. The van der Waals surface area contributed by atoms with Gasteiger partial charge in [0.15, 0.2) is 0 Å². The molecule has 0 spiro atoms. The summed E-state index contributed by atoms with van der Waals surface area (Å²) in [7, 11) is 2.85. The molecule has 4 aromatic carbocycles. The molecule has 2 atom stereocenters. The number of hydrogen-bond donors (Lipinski definition) is 6. The molecule has 10 heteroatoms. The molecule has 2 aliphatic carbocycles. The van der Waals surface area contributed by atoms with Crippen molar-refractivity contribution in [2.45, 2.75) is 51.4 Å². The number of benzene rings is 4. The fourth-order valence-corrected chi connectivity index (χ4v) is 7.34. The van der Waals surface area contributed by atoms with E-state index in [-0.39, 0.29) is 90.8 Å². The van der Waals surface area contributed by atoms with Gasteiger partial charge >= 0.3 is 0 Å². The first-order chi connectivity index (χ1) is 21.7. The standard InChI is InChI=1S/C36H34O10/c1-13(2)25-23(45-5)11-19-27(17-7-15(37)9-21(39)29(17)35(43)31(19)33(25)41)28-18-8-16(38)10-22(40)30(18)36(44)32-20(28)12-24(46-6)26(14(3)4)34(32)42/h7-14,27-28,37-42H,1-6H3. The van der Waals surface area contributed by atoms with Gasteiger partial charge in [-0.05, 0) is 58.4 Å². The van der Waals surface area contributed by atoms with E-state index in [4.69, 9.17) is 9.47 Å². The SMILES string of the molecule is COc1cc2c(c(O)c1C(C)C)C(=O)c1c(O)cc(O)cc1C2C1c2cc(O)cc(O)c2C(=O)c2c1cc(OC)c(C(C)C)c2O. The molecule has 0 saturated carbocycles. The lowest BCUT2D eigenvalue weighted by Crippen LogP contribution is -2.30. The van der Waals surface area contributed by atoms with Gasteiger partial charge in [0.2, 0.25) is 11.6 Å². The van der Waals surface area contributed by atoms with Crippen molar-refractivity contribution in [2.75, 3.05) is 14.2 Å². The van der Waals surface area contributed by atoms with Crippen LogP contribution in [0.1, 0.15) is 117 Å². The lowest BCUT2D eigenvalue weighted by molar-refractivity contribution is 0.101. The Kier molecular flexibility index (Phi) is 7.07. The van der Waals surface area contributed by atoms with Crippen LogP contribution in [-0.2, 0) is 0 Å². The predicted octanol–water partition coefficient (Wildman–Crippen LogP) is 6.24. The second-order valence-electron chi connectivity index (χ2n) is 12.4. The quantitative estimate of drug-likeness (QED) is 0.149. The van der Waals surface area contributed by atoms with Crippen LogP contribution in [0.25, 0.3) is 0 Å². The fraction of sp³-hybridized carbons (Fsp3) is 0.278. The highest BCUT2D eigenvalue weighted by atomic mass is 16.5. The Morgan fingerprint density at radius 1 is 0.522 bits per heavy atom.